The van der Waals surface area contributed by atoms with Crippen LogP contribution in [-0.2, 0) is 4.79 Å². The second kappa shape index (κ2) is 4.10. The van der Waals surface area contributed by atoms with Crippen molar-refractivity contribution >= 4 is 5.91 Å². The third-order valence-corrected chi connectivity index (χ3v) is 1.77. The van der Waals surface area contributed by atoms with Crippen molar-refractivity contribution in [2.24, 2.45) is 0 Å². The van der Waals surface area contributed by atoms with E-state index in [9.17, 15) is 4.79 Å². The largest absolute Gasteiger partial charge is 0.349 e. The molecule has 1 rings (SSSR count). The van der Waals surface area contributed by atoms with Crippen LogP contribution in [0.15, 0.2) is 23.8 Å². The number of rotatable bonds is 2. The Balaban J connectivity index is 2.31. The minimum Gasteiger partial charge on any atom is -0.349 e. The predicted octanol–water partition coefficient (Wildman–Crippen LogP) is 1.79. The Morgan fingerprint density at radius 1 is 1.42 bits per heavy atom. The maximum atomic E-state index is 11.2. The quantitative estimate of drug-likeness (QED) is 0.490. The van der Waals surface area contributed by atoms with Gasteiger partial charge in [0.25, 0.3) is 0 Å². The third-order valence-electron chi connectivity index (χ3n) is 1.77. The highest BCUT2D eigenvalue weighted by Gasteiger charge is 2.10. The summed E-state index contributed by atoms with van der Waals surface area (Å²) in [5, 5.41) is 2.93. The van der Waals surface area contributed by atoms with Crippen LogP contribution in [0.3, 0.4) is 0 Å². The lowest BCUT2D eigenvalue weighted by atomic mass is 10.2. The standard InChI is InChI=1S/C10H15NO/c1-8(2)7-10(12)11-9-5-3-4-6-9/h3-4,7,9H,5-6H2,1-2H3,(H,11,12). The fourth-order valence-electron chi connectivity index (χ4n) is 1.24. The molecule has 1 N–H and O–H groups in total. The molecule has 0 aliphatic heterocycles. The van der Waals surface area contributed by atoms with Gasteiger partial charge < -0.3 is 5.32 Å². The van der Waals surface area contributed by atoms with E-state index in [1.807, 2.05) is 13.8 Å². The first-order valence-electron chi connectivity index (χ1n) is 4.29. The minimum absolute atomic E-state index is 0.0312. The summed E-state index contributed by atoms with van der Waals surface area (Å²) in [6.45, 7) is 3.85. The van der Waals surface area contributed by atoms with Gasteiger partial charge in [0, 0.05) is 12.1 Å². The molecule has 0 spiro atoms. The third kappa shape index (κ3) is 2.91. The highest BCUT2D eigenvalue weighted by Crippen LogP contribution is 2.08. The summed E-state index contributed by atoms with van der Waals surface area (Å²) in [5.74, 6) is 0.0312. The highest BCUT2D eigenvalue weighted by atomic mass is 16.1. The maximum Gasteiger partial charge on any atom is 0.244 e. The zero-order valence-electron chi connectivity index (χ0n) is 7.63. The van der Waals surface area contributed by atoms with Crippen LogP contribution in [0.1, 0.15) is 26.7 Å². The summed E-state index contributed by atoms with van der Waals surface area (Å²) in [6.07, 6.45) is 7.80. The number of allylic oxidation sites excluding steroid dienone is 1. The van der Waals surface area contributed by atoms with Gasteiger partial charge in [-0.2, -0.15) is 0 Å². The first kappa shape index (κ1) is 9.04. The molecule has 0 saturated carbocycles. The van der Waals surface area contributed by atoms with Gasteiger partial charge in [0.05, 0.1) is 0 Å². The first-order chi connectivity index (χ1) is 5.68. The van der Waals surface area contributed by atoms with Crippen molar-refractivity contribution in [1.29, 1.82) is 0 Å². The van der Waals surface area contributed by atoms with Crippen LogP contribution in [0, 0.1) is 0 Å². The zero-order valence-corrected chi connectivity index (χ0v) is 7.63. The number of carbonyl (C=O) groups is 1. The van der Waals surface area contributed by atoms with Crippen molar-refractivity contribution in [2.45, 2.75) is 32.7 Å². The van der Waals surface area contributed by atoms with Gasteiger partial charge in [0.15, 0.2) is 0 Å². The maximum absolute atomic E-state index is 11.2. The molecular formula is C10H15NO. The molecular weight excluding hydrogens is 150 g/mol. The number of carbonyl (C=O) groups excluding carboxylic acids is 1. The summed E-state index contributed by atoms with van der Waals surface area (Å²) in [4.78, 5) is 11.2. The molecule has 1 amide bonds. The van der Waals surface area contributed by atoms with Crippen LogP contribution < -0.4 is 5.32 Å². The Labute approximate surface area is 73.4 Å². The number of hydrogen-bond acceptors (Lipinski definition) is 1. The number of nitrogens with one attached hydrogen (secondary N) is 1. The number of amides is 1. The predicted molar refractivity (Wildman–Crippen MR) is 49.7 cm³/mol. The normalized spacial score (nSPS) is 16.2. The summed E-state index contributed by atoms with van der Waals surface area (Å²) >= 11 is 0. The van der Waals surface area contributed by atoms with E-state index in [4.69, 9.17) is 0 Å². The molecule has 1 aliphatic rings. The molecule has 1 aliphatic carbocycles. The molecule has 0 heterocycles. The van der Waals surface area contributed by atoms with Crippen LogP contribution in [0.5, 0.6) is 0 Å². The molecule has 12 heavy (non-hydrogen) atoms. The molecule has 0 atom stereocenters. The van der Waals surface area contributed by atoms with Gasteiger partial charge in [-0.1, -0.05) is 17.7 Å². The lowest BCUT2D eigenvalue weighted by Gasteiger charge is -2.09. The Kier molecular flexibility index (Phi) is 3.09. The van der Waals surface area contributed by atoms with E-state index in [2.05, 4.69) is 17.5 Å². The van der Waals surface area contributed by atoms with Crippen LogP contribution >= 0.6 is 0 Å². The van der Waals surface area contributed by atoms with Crippen LogP contribution in [0.4, 0.5) is 0 Å². The summed E-state index contributed by atoms with van der Waals surface area (Å²) in [5.41, 5.74) is 1.04. The van der Waals surface area contributed by atoms with Gasteiger partial charge in [-0.15, -0.1) is 0 Å². The van der Waals surface area contributed by atoms with Gasteiger partial charge >= 0.3 is 0 Å². The number of hydrogen-bond donors (Lipinski definition) is 1. The molecule has 0 aromatic rings. The summed E-state index contributed by atoms with van der Waals surface area (Å²) in [7, 11) is 0. The fraction of sp³-hybridized carbons (Fsp3) is 0.500. The SMILES string of the molecule is CC(C)=CC(=O)NC1CC=CC1. The average molecular weight is 165 g/mol. The fourth-order valence-corrected chi connectivity index (χ4v) is 1.24. The van der Waals surface area contributed by atoms with E-state index in [0.29, 0.717) is 6.04 Å². The van der Waals surface area contributed by atoms with E-state index < -0.39 is 0 Å². The molecule has 0 bridgehead atoms. The van der Waals surface area contributed by atoms with Crippen LogP contribution in [0.2, 0.25) is 0 Å². The van der Waals surface area contributed by atoms with E-state index in [-0.39, 0.29) is 5.91 Å². The van der Waals surface area contributed by atoms with Gasteiger partial charge in [0.2, 0.25) is 5.91 Å². The monoisotopic (exact) mass is 165 g/mol. The second-order valence-corrected chi connectivity index (χ2v) is 3.37. The lowest BCUT2D eigenvalue weighted by Crippen LogP contribution is -2.31. The van der Waals surface area contributed by atoms with Crippen LogP contribution in [-0.4, -0.2) is 11.9 Å². The van der Waals surface area contributed by atoms with Crippen molar-refractivity contribution in [3.8, 4) is 0 Å². The van der Waals surface area contributed by atoms with Crippen LogP contribution in [0.25, 0.3) is 0 Å². The minimum atomic E-state index is 0.0312. The van der Waals surface area contributed by atoms with Crippen molar-refractivity contribution in [3.63, 3.8) is 0 Å². The van der Waals surface area contributed by atoms with Gasteiger partial charge in [-0.05, 0) is 26.7 Å². The van der Waals surface area contributed by atoms with Gasteiger partial charge in [-0.3, -0.25) is 4.79 Å². The van der Waals surface area contributed by atoms with E-state index >= 15 is 0 Å². The average Bonchev–Trinajstić information content (AvgIpc) is 2.37. The lowest BCUT2D eigenvalue weighted by molar-refractivity contribution is -0.117. The summed E-state index contributed by atoms with van der Waals surface area (Å²) in [6, 6.07) is 0.327. The van der Waals surface area contributed by atoms with Gasteiger partial charge in [0.1, 0.15) is 0 Å². The smallest absolute Gasteiger partial charge is 0.244 e. The second-order valence-electron chi connectivity index (χ2n) is 3.37. The van der Waals surface area contributed by atoms with E-state index in [0.717, 1.165) is 18.4 Å². The van der Waals surface area contributed by atoms with Crippen molar-refractivity contribution in [2.75, 3.05) is 0 Å². The Hall–Kier alpha value is -1.05. The Bertz CT molecular complexity index is 216. The molecule has 0 saturated heterocycles. The molecule has 2 heteroatoms. The van der Waals surface area contributed by atoms with Crippen molar-refractivity contribution in [3.05, 3.63) is 23.8 Å². The molecule has 0 radical (unpaired) electrons. The molecule has 0 aromatic carbocycles. The van der Waals surface area contributed by atoms with E-state index in [1.165, 1.54) is 0 Å². The molecule has 0 aromatic heterocycles. The van der Waals surface area contributed by atoms with Crippen molar-refractivity contribution in [1.82, 2.24) is 5.32 Å². The topological polar surface area (TPSA) is 29.1 Å². The Morgan fingerprint density at radius 2 is 2.00 bits per heavy atom. The van der Waals surface area contributed by atoms with Gasteiger partial charge in [-0.25, -0.2) is 0 Å². The Morgan fingerprint density at radius 3 is 2.50 bits per heavy atom. The highest BCUT2D eigenvalue weighted by molar-refractivity contribution is 5.88. The molecule has 66 valence electrons. The van der Waals surface area contributed by atoms with Crippen molar-refractivity contribution < 1.29 is 4.79 Å². The molecule has 0 fully saturated rings. The molecule has 0 unspecified atom stereocenters. The molecule has 2 nitrogen and oxygen atoms in total. The summed E-state index contributed by atoms with van der Waals surface area (Å²) < 4.78 is 0. The van der Waals surface area contributed by atoms with E-state index in [1.54, 1.807) is 6.08 Å². The zero-order chi connectivity index (χ0) is 8.97. The first-order valence-corrected chi connectivity index (χ1v) is 4.29.